The summed E-state index contributed by atoms with van der Waals surface area (Å²) in [6.07, 6.45) is 4.01. The topological polar surface area (TPSA) is 68.2 Å². The number of fused-ring (bicyclic) bond motifs is 1. The molecule has 5 heteroatoms. The maximum atomic E-state index is 6.41. The third kappa shape index (κ3) is 2.42. The third-order valence-corrected chi connectivity index (χ3v) is 5.72. The average Bonchev–Trinajstić information content (AvgIpc) is 3.30. The number of para-hydroxylation sites is 1. The van der Waals surface area contributed by atoms with E-state index in [0.29, 0.717) is 11.7 Å². The molecule has 2 N–H and O–H groups in total. The van der Waals surface area contributed by atoms with Gasteiger partial charge in [0.15, 0.2) is 5.82 Å². The number of hydrogen-bond donors (Lipinski definition) is 1. The molecule has 3 aromatic rings. The highest BCUT2D eigenvalue weighted by Gasteiger charge is 2.40. The Morgan fingerprint density at radius 2 is 1.81 bits per heavy atom. The van der Waals surface area contributed by atoms with Crippen molar-refractivity contribution in [1.82, 2.24) is 10.1 Å². The number of nitrogens with two attached hydrogens (primary N) is 1. The molecule has 1 aliphatic carbocycles. The zero-order chi connectivity index (χ0) is 17.6. The van der Waals surface area contributed by atoms with Crippen LogP contribution in [0.4, 0.5) is 5.69 Å². The first kappa shape index (κ1) is 15.6. The monoisotopic (exact) mass is 346 g/mol. The Morgan fingerprint density at radius 1 is 1.04 bits per heavy atom. The summed E-state index contributed by atoms with van der Waals surface area (Å²) in [5, 5.41) is 4.25. The zero-order valence-corrected chi connectivity index (χ0v) is 14.6. The normalized spacial score (nSPS) is 19.0. The number of hydrogen-bond acceptors (Lipinski definition) is 5. The minimum Gasteiger partial charge on any atom is -0.355 e. The lowest BCUT2D eigenvalue weighted by Crippen LogP contribution is -2.44. The molecule has 2 aliphatic rings. The fourth-order valence-corrected chi connectivity index (χ4v) is 4.05. The molecule has 1 saturated carbocycles. The highest BCUT2D eigenvalue weighted by atomic mass is 16.5. The van der Waals surface area contributed by atoms with Gasteiger partial charge in [-0.3, -0.25) is 0 Å². The Balaban J connectivity index is 1.58. The molecular weight excluding hydrogens is 324 g/mol. The van der Waals surface area contributed by atoms with Crippen molar-refractivity contribution >= 4 is 5.69 Å². The molecule has 0 saturated heterocycles. The summed E-state index contributed by atoms with van der Waals surface area (Å²) in [4.78, 5) is 7.12. The van der Waals surface area contributed by atoms with Crippen molar-refractivity contribution in [3.8, 4) is 0 Å². The lowest BCUT2D eigenvalue weighted by molar-refractivity contribution is 0.228. The van der Waals surface area contributed by atoms with Gasteiger partial charge < -0.3 is 15.2 Å². The van der Waals surface area contributed by atoms with Crippen molar-refractivity contribution in [1.29, 1.82) is 0 Å². The van der Waals surface area contributed by atoms with Gasteiger partial charge in [0.25, 0.3) is 5.89 Å². The first-order chi connectivity index (χ1) is 12.7. The first-order valence-electron chi connectivity index (χ1n) is 9.27. The molecule has 0 bridgehead atoms. The van der Waals surface area contributed by atoms with Crippen molar-refractivity contribution in [3.63, 3.8) is 0 Å². The van der Waals surface area contributed by atoms with E-state index in [1.54, 1.807) is 0 Å². The van der Waals surface area contributed by atoms with Crippen LogP contribution in [-0.2, 0) is 12.0 Å². The van der Waals surface area contributed by atoms with Crippen molar-refractivity contribution in [3.05, 3.63) is 77.4 Å². The van der Waals surface area contributed by atoms with Crippen molar-refractivity contribution in [2.45, 2.75) is 37.3 Å². The number of benzene rings is 2. The molecule has 1 aromatic heterocycles. The SMILES string of the molecule is NC1(c2noc(C(c3ccccc3)N3CCc4ccccc43)n2)CCC1. The standard InChI is InChI=1S/C21H22N4O/c22-21(12-6-13-21)20-23-19(26-24-20)18(16-8-2-1-3-9-16)25-14-11-15-7-4-5-10-17(15)25/h1-5,7-10,18H,6,11-14,22H2. The van der Waals surface area contributed by atoms with Crippen LogP contribution >= 0.6 is 0 Å². The maximum Gasteiger partial charge on any atom is 0.254 e. The van der Waals surface area contributed by atoms with E-state index in [4.69, 9.17) is 15.2 Å². The van der Waals surface area contributed by atoms with Crippen LogP contribution in [0.3, 0.4) is 0 Å². The number of nitrogens with zero attached hydrogens (tertiary/aromatic N) is 3. The number of rotatable bonds is 4. The second-order valence-electron chi connectivity index (χ2n) is 7.35. The van der Waals surface area contributed by atoms with E-state index >= 15 is 0 Å². The quantitative estimate of drug-likeness (QED) is 0.782. The van der Waals surface area contributed by atoms with Gasteiger partial charge in [0.1, 0.15) is 6.04 Å². The first-order valence-corrected chi connectivity index (χ1v) is 9.27. The number of aromatic nitrogens is 2. The van der Waals surface area contributed by atoms with Gasteiger partial charge in [-0.1, -0.05) is 53.7 Å². The smallest absolute Gasteiger partial charge is 0.254 e. The molecular formula is C21H22N4O. The molecule has 2 heterocycles. The maximum absolute atomic E-state index is 6.41. The minimum absolute atomic E-state index is 0.0928. The highest BCUT2D eigenvalue weighted by Crippen LogP contribution is 2.40. The summed E-state index contributed by atoms with van der Waals surface area (Å²) in [5.41, 5.74) is 9.75. The predicted molar refractivity (Wildman–Crippen MR) is 99.8 cm³/mol. The van der Waals surface area contributed by atoms with Crippen LogP contribution in [0.15, 0.2) is 59.1 Å². The van der Waals surface area contributed by atoms with E-state index in [1.165, 1.54) is 11.3 Å². The molecule has 26 heavy (non-hydrogen) atoms. The van der Waals surface area contributed by atoms with Crippen LogP contribution in [-0.4, -0.2) is 16.7 Å². The van der Waals surface area contributed by atoms with Crippen molar-refractivity contribution in [2.75, 3.05) is 11.4 Å². The summed E-state index contributed by atoms with van der Waals surface area (Å²) in [6, 6.07) is 18.8. The van der Waals surface area contributed by atoms with E-state index in [9.17, 15) is 0 Å². The molecule has 5 nitrogen and oxygen atoms in total. The van der Waals surface area contributed by atoms with Gasteiger partial charge in [-0.05, 0) is 42.9 Å². The van der Waals surface area contributed by atoms with Gasteiger partial charge in [0.2, 0.25) is 0 Å². The summed E-state index contributed by atoms with van der Waals surface area (Å²) >= 11 is 0. The summed E-state index contributed by atoms with van der Waals surface area (Å²) in [5.74, 6) is 1.27. The van der Waals surface area contributed by atoms with E-state index in [-0.39, 0.29) is 6.04 Å². The summed E-state index contributed by atoms with van der Waals surface area (Å²) < 4.78 is 5.75. The second kappa shape index (κ2) is 5.95. The van der Waals surface area contributed by atoms with Gasteiger partial charge >= 0.3 is 0 Å². The van der Waals surface area contributed by atoms with Crippen LogP contribution in [0.5, 0.6) is 0 Å². The van der Waals surface area contributed by atoms with Crippen LogP contribution < -0.4 is 10.6 Å². The Bertz CT molecular complexity index is 917. The van der Waals surface area contributed by atoms with E-state index in [1.807, 2.05) is 6.07 Å². The van der Waals surface area contributed by atoms with Gasteiger partial charge in [-0.2, -0.15) is 4.98 Å². The van der Waals surface area contributed by atoms with Gasteiger partial charge in [-0.25, -0.2) is 0 Å². The molecule has 2 aromatic carbocycles. The molecule has 1 fully saturated rings. The fourth-order valence-electron chi connectivity index (χ4n) is 4.05. The minimum atomic E-state index is -0.411. The van der Waals surface area contributed by atoms with Crippen LogP contribution in [0.1, 0.15) is 48.1 Å². The molecule has 1 unspecified atom stereocenters. The van der Waals surface area contributed by atoms with E-state index in [2.05, 4.69) is 58.6 Å². The van der Waals surface area contributed by atoms with Gasteiger partial charge in [-0.15, -0.1) is 0 Å². The Morgan fingerprint density at radius 3 is 2.58 bits per heavy atom. The molecule has 132 valence electrons. The fraction of sp³-hybridized carbons (Fsp3) is 0.333. The Kier molecular flexibility index (Phi) is 3.57. The van der Waals surface area contributed by atoms with E-state index < -0.39 is 5.54 Å². The average molecular weight is 346 g/mol. The summed E-state index contributed by atoms with van der Waals surface area (Å²) in [7, 11) is 0. The lowest BCUT2D eigenvalue weighted by atomic mass is 9.77. The molecule has 0 spiro atoms. The van der Waals surface area contributed by atoms with Gasteiger partial charge in [0.05, 0.1) is 5.54 Å². The highest BCUT2D eigenvalue weighted by molar-refractivity contribution is 5.60. The molecule has 0 radical (unpaired) electrons. The van der Waals surface area contributed by atoms with Gasteiger partial charge in [0, 0.05) is 12.2 Å². The third-order valence-electron chi connectivity index (χ3n) is 5.72. The molecule has 1 atom stereocenters. The molecule has 5 rings (SSSR count). The second-order valence-corrected chi connectivity index (χ2v) is 7.35. The summed E-state index contributed by atoms with van der Waals surface area (Å²) in [6.45, 7) is 0.935. The lowest BCUT2D eigenvalue weighted by Gasteiger charge is -2.34. The molecule has 1 aliphatic heterocycles. The van der Waals surface area contributed by atoms with E-state index in [0.717, 1.165) is 37.8 Å². The largest absolute Gasteiger partial charge is 0.355 e. The van der Waals surface area contributed by atoms with Crippen molar-refractivity contribution < 1.29 is 4.52 Å². The van der Waals surface area contributed by atoms with Crippen LogP contribution in [0, 0.1) is 0 Å². The van der Waals surface area contributed by atoms with Crippen LogP contribution in [0.25, 0.3) is 0 Å². The Hall–Kier alpha value is -2.66. The zero-order valence-electron chi connectivity index (χ0n) is 14.6. The van der Waals surface area contributed by atoms with Crippen molar-refractivity contribution in [2.24, 2.45) is 5.73 Å². The molecule has 0 amide bonds. The van der Waals surface area contributed by atoms with Crippen LogP contribution in [0.2, 0.25) is 0 Å². The Labute approximate surface area is 152 Å². The predicted octanol–water partition coefficient (Wildman–Crippen LogP) is 3.56. The number of anilines is 1.